The van der Waals surface area contributed by atoms with Gasteiger partial charge in [-0.2, -0.15) is 0 Å². The fraction of sp³-hybridized carbons (Fsp3) is 0. The first-order chi connectivity index (χ1) is 21.7. The van der Waals surface area contributed by atoms with Gasteiger partial charge in [-0.25, -0.2) is 0 Å². The van der Waals surface area contributed by atoms with Crippen molar-refractivity contribution in [1.82, 2.24) is 24.1 Å². The van der Waals surface area contributed by atoms with Crippen molar-refractivity contribution in [2.45, 2.75) is 0 Å². The van der Waals surface area contributed by atoms with Crippen LogP contribution >= 0.6 is 0 Å². The van der Waals surface area contributed by atoms with Gasteiger partial charge < -0.3 is 20.6 Å². The van der Waals surface area contributed by atoms with Crippen molar-refractivity contribution in [2.24, 2.45) is 0 Å². The fourth-order valence-corrected chi connectivity index (χ4v) is 6.10. The van der Waals surface area contributed by atoms with Crippen LogP contribution in [0.15, 0.2) is 140 Å². The van der Waals surface area contributed by atoms with Gasteiger partial charge in [0.1, 0.15) is 5.52 Å². The fourth-order valence-electron chi connectivity index (χ4n) is 6.10. The highest BCUT2D eigenvalue weighted by Crippen LogP contribution is 2.45. The van der Waals surface area contributed by atoms with Crippen molar-refractivity contribution in [3.63, 3.8) is 0 Å². The second kappa shape index (κ2) is 10.3. The molecule has 0 aliphatic heterocycles. The van der Waals surface area contributed by atoms with Gasteiger partial charge in [-0.3, -0.25) is 15.0 Å². The number of aromatic nitrogens is 5. The lowest BCUT2D eigenvalue weighted by atomic mass is 10.1. The minimum Gasteiger partial charge on any atom is -0.396 e. The molecule has 0 fully saturated rings. The Hall–Kier alpha value is -6.21. The van der Waals surface area contributed by atoms with Gasteiger partial charge in [0.05, 0.1) is 33.8 Å². The van der Waals surface area contributed by atoms with E-state index in [2.05, 4.69) is 79.8 Å². The van der Waals surface area contributed by atoms with E-state index in [9.17, 15) is 0 Å². The van der Waals surface area contributed by atoms with Gasteiger partial charge in [-0.15, -0.1) is 0 Å². The molecule has 0 saturated carbocycles. The van der Waals surface area contributed by atoms with E-state index in [1.54, 1.807) is 31.0 Å². The van der Waals surface area contributed by atoms with Gasteiger partial charge in [-0.1, -0.05) is 42.5 Å². The highest BCUT2D eigenvalue weighted by molar-refractivity contribution is 6.08. The third kappa shape index (κ3) is 4.02. The summed E-state index contributed by atoms with van der Waals surface area (Å²) in [5.41, 5.74) is 25.9. The first-order valence-corrected chi connectivity index (χ1v) is 14.3. The SMILES string of the molecule is Nc1c(-c2c(N)c3ncccc3n2-c2ccc(-c3ccncc3)cc2)n(-c2ccc(-c3ccncc3)cc2)c2ccccc12. The Morgan fingerprint density at radius 1 is 0.432 bits per heavy atom. The number of nitrogen functional groups attached to an aromatic ring is 2. The van der Waals surface area contributed by atoms with E-state index in [1.807, 2.05) is 48.5 Å². The lowest BCUT2D eigenvalue weighted by Gasteiger charge is -2.17. The maximum Gasteiger partial charge on any atom is 0.112 e. The van der Waals surface area contributed by atoms with Crippen LogP contribution in [0.1, 0.15) is 0 Å². The summed E-state index contributed by atoms with van der Waals surface area (Å²) in [5.74, 6) is 0. The van der Waals surface area contributed by atoms with Crippen LogP contribution in [0.25, 0.3) is 67.0 Å². The van der Waals surface area contributed by atoms with Gasteiger partial charge in [-0.05, 0) is 89.0 Å². The average Bonchev–Trinajstić information content (AvgIpc) is 3.55. The third-order valence-corrected chi connectivity index (χ3v) is 8.18. The van der Waals surface area contributed by atoms with Crippen molar-refractivity contribution in [2.75, 3.05) is 11.5 Å². The number of pyridine rings is 3. The van der Waals surface area contributed by atoms with Gasteiger partial charge in [0.15, 0.2) is 0 Å². The van der Waals surface area contributed by atoms with Crippen LogP contribution in [0.4, 0.5) is 11.4 Å². The smallest absolute Gasteiger partial charge is 0.112 e. The summed E-state index contributed by atoms with van der Waals surface area (Å²) in [6, 6.07) is 37.1. The van der Waals surface area contributed by atoms with Gasteiger partial charge in [0.25, 0.3) is 0 Å². The van der Waals surface area contributed by atoms with Crippen LogP contribution in [0.2, 0.25) is 0 Å². The lowest BCUT2D eigenvalue weighted by molar-refractivity contribution is 1.07. The molecular weight excluding hydrogens is 542 g/mol. The minimum atomic E-state index is 0.572. The molecule has 0 amide bonds. The summed E-state index contributed by atoms with van der Waals surface area (Å²) >= 11 is 0. The van der Waals surface area contributed by atoms with Gasteiger partial charge >= 0.3 is 0 Å². The number of para-hydroxylation sites is 1. The standard InChI is InChI=1S/C37H27N7/c38-33-30-4-1-2-5-31(30)43(28-11-7-24(8-12-28)26-15-20-40-21-16-26)36(33)37-34(39)35-32(6-3-19-42-35)44(37)29-13-9-25(10-14-29)27-17-22-41-23-18-27/h1-23H,38-39H2. The monoisotopic (exact) mass is 569 g/mol. The quantitative estimate of drug-likeness (QED) is 0.219. The number of benzene rings is 3. The molecule has 5 heterocycles. The molecule has 44 heavy (non-hydrogen) atoms. The van der Waals surface area contributed by atoms with E-state index < -0.39 is 0 Å². The number of nitrogens with zero attached hydrogens (tertiary/aromatic N) is 5. The topological polar surface area (TPSA) is 101 Å². The first-order valence-electron chi connectivity index (χ1n) is 14.3. The number of nitrogens with two attached hydrogens (primary N) is 2. The molecule has 8 aromatic rings. The maximum atomic E-state index is 7.04. The van der Waals surface area contributed by atoms with Gasteiger partial charge in [0, 0.05) is 47.7 Å². The zero-order chi connectivity index (χ0) is 29.6. The van der Waals surface area contributed by atoms with E-state index in [4.69, 9.17) is 16.5 Å². The summed E-state index contributed by atoms with van der Waals surface area (Å²) in [5, 5.41) is 0.956. The number of hydrogen-bond acceptors (Lipinski definition) is 5. The third-order valence-electron chi connectivity index (χ3n) is 8.18. The normalized spacial score (nSPS) is 11.4. The number of hydrogen-bond donors (Lipinski definition) is 2. The molecule has 0 aliphatic carbocycles. The predicted octanol–water partition coefficient (Wildman–Crippen LogP) is 7.92. The molecule has 0 spiro atoms. The Morgan fingerprint density at radius 3 is 1.50 bits per heavy atom. The Kier molecular flexibility index (Phi) is 5.94. The van der Waals surface area contributed by atoms with Crippen LogP contribution in [0.5, 0.6) is 0 Å². The number of anilines is 2. The molecule has 0 bridgehead atoms. The van der Waals surface area contributed by atoms with Crippen molar-refractivity contribution in [3.8, 4) is 45.0 Å². The molecule has 0 unspecified atom stereocenters. The maximum absolute atomic E-state index is 7.04. The van der Waals surface area contributed by atoms with Gasteiger partial charge in [0.2, 0.25) is 0 Å². The van der Waals surface area contributed by atoms with Crippen molar-refractivity contribution >= 4 is 33.3 Å². The Bertz CT molecular complexity index is 2100. The van der Waals surface area contributed by atoms with Crippen LogP contribution in [0.3, 0.4) is 0 Å². The van der Waals surface area contributed by atoms with Crippen LogP contribution in [-0.4, -0.2) is 24.1 Å². The zero-order valence-electron chi connectivity index (χ0n) is 23.7. The predicted molar refractivity (Wildman–Crippen MR) is 179 cm³/mol. The number of rotatable bonds is 5. The highest BCUT2D eigenvalue weighted by atomic mass is 15.1. The molecule has 7 heteroatoms. The Labute approximate surface area is 253 Å². The summed E-state index contributed by atoms with van der Waals surface area (Å²) in [4.78, 5) is 13.0. The van der Waals surface area contributed by atoms with Crippen LogP contribution < -0.4 is 11.5 Å². The zero-order valence-corrected chi connectivity index (χ0v) is 23.7. The van der Waals surface area contributed by atoms with E-state index in [1.165, 1.54) is 0 Å². The largest absolute Gasteiger partial charge is 0.396 e. The summed E-state index contributed by atoms with van der Waals surface area (Å²) in [6.45, 7) is 0. The van der Waals surface area contributed by atoms with Crippen molar-refractivity contribution in [1.29, 1.82) is 0 Å². The Balaban J connectivity index is 1.38. The molecule has 5 aromatic heterocycles. The molecule has 0 aliphatic rings. The van der Waals surface area contributed by atoms with E-state index in [-0.39, 0.29) is 0 Å². The molecule has 3 aromatic carbocycles. The molecule has 210 valence electrons. The van der Waals surface area contributed by atoms with Crippen molar-refractivity contribution < 1.29 is 0 Å². The van der Waals surface area contributed by atoms with Crippen LogP contribution in [0, 0.1) is 0 Å². The highest BCUT2D eigenvalue weighted by Gasteiger charge is 2.26. The van der Waals surface area contributed by atoms with Crippen molar-refractivity contribution in [3.05, 3.63) is 140 Å². The Morgan fingerprint density at radius 2 is 0.909 bits per heavy atom. The summed E-state index contributed by atoms with van der Waals surface area (Å²) < 4.78 is 4.37. The minimum absolute atomic E-state index is 0.572. The second-order valence-electron chi connectivity index (χ2n) is 10.6. The lowest BCUT2D eigenvalue weighted by Crippen LogP contribution is -2.05. The molecule has 8 rings (SSSR count). The molecular formula is C37H27N7. The van der Waals surface area contributed by atoms with E-state index in [0.717, 1.165) is 67.0 Å². The molecule has 0 radical (unpaired) electrons. The molecule has 0 saturated heterocycles. The first kappa shape index (κ1) is 25.5. The molecule has 7 nitrogen and oxygen atoms in total. The number of fused-ring (bicyclic) bond motifs is 2. The molecule has 0 atom stereocenters. The summed E-state index contributed by atoms with van der Waals surface area (Å²) in [6.07, 6.45) is 8.99. The van der Waals surface area contributed by atoms with E-state index >= 15 is 0 Å². The van der Waals surface area contributed by atoms with Crippen LogP contribution in [-0.2, 0) is 0 Å². The molecule has 4 N–H and O–H groups in total. The average molecular weight is 570 g/mol. The summed E-state index contributed by atoms with van der Waals surface area (Å²) in [7, 11) is 0. The second-order valence-corrected chi connectivity index (χ2v) is 10.6. The van der Waals surface area contributed by atoms with E-state index in [0.29, 0.717) is 11.4 Å².